The number of fused-ring (bicyclic) bond motifs is 1. The zero-order chi connectivity index (χ0) is 15.2. The molecule has 0 bridgehead atoms. The van der Waals surface area contributed by atoms with Gasteiger partial charge in [0.05, 0.1) is 4.87 Å². The van der Waals surface area contributed by atoms with Crippen LogP contribution in [0.15, 0.2) is 18.2 Å². The third kappa shape index (κ3) is 2.55. The molecule has 1 aromatic carbocycles. The quantitative estimate of drug-likeness (QED) is 0.914. The number of carbonyl (C=O) groups excluding carboxylic acids is 2. The standard InChI is InChI=1S/C16H20N2O2S/c1-10-6-11(2)8-12(7-10)17-15(20)13-9-21-16(3)5-4-14(19)18(13)16/h6-8,13H,4-5,9H2,1-3H3,(H,17,20)/t13-,16+/m1/s1. The molecular weight excluding hydrogens is 284 g/mol. The molecule has 2 heterocycles. The molecule has 112 valence electrons. The van der Waals surface area contributed by atoms with E-state index < -0.39 is 0 Å². The Labute approximate surface area is 129 Å². The van der Waals surface area contributed by atoms with Gasteiger partial charge in [-0.25, -0.2) is 0 Å². The van der Waals surface area contributed by atoms with Gasteiger partial charge in [-0.1, -0.05) is 6.07 Å². The van der Waals surface area contributed by atoms with Crippen LogP contribution in [0.25, 0.3) is 0 Å². The van der Waals surface area contributed by atoms with Crippen molar-refractivity contribution in [1.82, 2.24) is 4.90 Å². The first kappa shape index (κ1) is 14.4. The zero-order valence-electron chi connectivity index (χ0n) is 12.6. The predicted molar refractivity (Wildman–Crippen MR) is 85.3 cm³/mol. The highest BCUT2D eigenvalue weighted by Gasteiger charge is 2.52. The van der Waals surface area contributed by atoms with Gasteiger partial charge in [-0.3, -0.25) is 9.59 Å². The van der Waals surface area contributed by atoms with E-state index in [1.165, 1.54) is 0 Å². The summed E-state index contributed by atoms with van der Waals surface area (Å²) >= 11 is 1.72. The lowest BCUT2D eigenvalue weighted by Crippen LogP contribution is -2.48. The summed E-state index contributed by atoms with van der Waals surface area (Å²) < 4.78 is 0. The maximum atomic E-state index is 12.5. The van der Waals surface area contributed by atoms with Crippen LogP contribution in [0, 0.1) is 13.8 Å². The first-order valence-corrected chi connectivity index (χ1v) is 8.23. The number of carbonyl (C=O) groups is 2. The minimum atomic E-state index is -0.351. The minimum Gasteiger partial charge on any atom is -0.324 e. The molecule has 1 N–H and O–H groups in total. The molecule has 0 spiro atoms. The number of nitrogens with zero attached hydrogens (tertiary/aromatic N) is 1. The van der Waals surface area contributed by atoms with Gasteiger partial charge in [0.1, 0.15) is 6.04 Å². The summed E-state index contributed by atoms with van der Waals surface area (Å²) in [6, 6.07) is 5.63. The fraction of sp³-hybridized carbons (Fsp3) is 0.500. The molecule has 2 aliphatic heterocycles. The van der Waals surface area contributed by atoms with Gasteiger partial charge < -0.3 is 10.2 Å². The largest absolute Gasteiger partial charge is 0.324 e. The van der Waals surface area contributed by atoms with Crippen molar-refractivity contribution in [2.24, 2.45) is 0 Å². The molecule has 2 fully saturated rings. The number of thioether (sulfide) groups is 1. The summed E-state index contributed by atoms with van der Waals surface area (Å²) in [5.74, 6) is 0.702. The number of aryl methyl sites for hydroxylation is 2. The van der Waals surface area contributed by atoms with Crippen molar-refractivity contribution in [1.29, 1.82) is 0 Å². The number of hydrogen-bond donors (Lipinski definition) is 1. The molecule has 0 aliphatic carbocycles. The molecule has 2 atom stereocenters. The van der Waals surface area contributed by atoms with E-state index in [4.69, 9.17) is 0 Å². The van der Waals surface area contributed by atoms with Crippen molar-refractivity contribution >= 4 is 29.3 Å². The molecule has 21 heavy (non-hydrogen) atoms. The molecule has 5 heteroatoms. The third-order valence-corrected chi connectivity index (χ3v) is 5.74. The maximum absolute atomic E-state index is 12.5. The summed E-state index contributed by atoms with van der Waals surface area (Å²) in [5, 5.41) is 2.97. The number of amides is 2. The van der Waals surface area contributed by atoms with Crippen LogP contribution < -0.4 is 5.32 Å². The molecule has 3 rings (SSSR count). The Hall–Kier alpha value is -1.49. The van der Waals surface area contributed by atoms with Crippen LogP contribution in [0.5, 0.6) is 0 Å². The molecule has 0 aromatic heterocycles. The molecule has 0 saturated carbocycles. The van der Waals surface area contributed by atoms with E-state index in [0.29, 0.717) is 12.2 Å². The van der Waals surface area contributed by atoms with Gasteiger partial charge in [-0.05, 0) is 50.5 Å². The Balaban J connectivity index is 1.78. The van der Waals surface area contributed by atoms with Gasteiger partial charge >= 0.3 is 0 Å². The van der Waals surface area contributed by atoms with Gasteiger partial charge in [0.15, 0.2) is 0 Å². The van der Waals surface area contributed by atoms with Gasteiger partial charge in [-0.15, -0.1) is 11.8 Å². The van der Waals surface area contributed by atoms with Crippen molar-refractivity contribution in [2.75, 3.05) is 11.1 Å². The fourth-order valence-corrected chi connectivity index (χ4v) is 4.72. The Morgan fingerprint density at radius 2 is 2.00 bits per heavy atom. The first-order chi connectivity index (χ1) is 9.89. The Morgan fingerprint density at radius 3 is 2.67 bits per heavy atom. The lowest BCUT2D eigenvalue weighted by Gasteiger charge is -2.29. The van der Waals surface area contributed by atoms with Gasteiger partial charge in [0.25, 0.3) is 0 Å². The lowest BCUT2D eigenvalue weighted by molar-refractivity contribution is -0.135. The van der Waals surface area contributed by atoms with Gasteiger partial charge in [0, 0.05) is 17.9 Å². The summed E-state index contributed by atoms with van der Waals surface area (Å²) in [6.45, 7) is 6.08. The van der Waals surface area contributed by atoms with E-state index in [-0.39, 0.29) is 22.7 Å². The Kier molecular flexibility index (Phi) is 3.48. The van der Waals surface area contributed by atoms with E-state index in [1.54, 1.807) is 16.7 Å². The van der Waals surface area contributed by atoms with Crippen LogP contribution in [-0.2, 0) is 9.59 Å². The summed E-state index contributed by atoms with van der Waals surface area (Å²) in [5.41, 5.74) is 3.05. The van der Waals surface area contributed by atoms with Crippen molar-refractivity contribution in [3.05, 3.63) is 29.3 Å². The van der Waals surface area contributed by atoms with Crippen molar-refractivity contribution in [3.8, 4) is 0 Å². The van der Waals surface area contributed by atoms with Crippen molar-refractivity contribution in [2.45, 2.75) is 44.5 Å². The minimum absolute atomic E-state index is 0.0773. The second kappa shape index (κ2) is 5.05. The molecule has 4 nitrogen and oxygen atoms in total. The number of benzene rings is 1. The molecule has 1 aromatic rings. The molecule has 2 amide bonds. The highest BCUT2D eigenvalue weighted by Crippen LogP contribution is 2.47. The lowest BCUT2D eigenvalue weighted by atomic mass is 10.1. The second-order valence-electron chi connectivity index (χ2n) is 6.13. The molecular formula is C16H20N2O2S. The number of nitrogens with one attached hydrogen (secondary N) is 1. The SMILES string of the molecule is Cc1cc(C)cc(NC(=O)[C@H]2CS[C@@]3(C)CCC(=O)N23)c1. The van der Waals surface area contributed by atoms with Crippen LogP contribution in [-0.4, -0.2) is 33.4 Å². The van der Waals surface area contributed by atoms with E-state index >= 15 is 0 Å². The highest BCUT2D eigenvalue weighted by molar-refractivity contribution is 8.01. The Bertz CT molecular complexity index is 596. The average Bonchev–Trinajstić information content (AvgIpc) is 2.86. The van der Waals surface area contributed by atoms with Gasteiger partial charge in [-0.2, -0.15) is 0 Å². The second-order valence-corrected chi connectivity index (χ2v) is 7.63. The monoisotopic (exact) mass is 304 g/mol. The number of hydrogen-bond acceptors (Lipinski definition) is 3. The average molecular weight is 304 g/mol. The number of anilines is 1. The predicted octanol–water partition coefficient (Wildman–Crippen LogP) is 2.70. The Morgan fingerprint density at radius 1 is 1.33 bits per heavy atom. The van der Waals surface area contributed by atoms with E-state index in [9.17, 15) is 9.59 Å². The number of rotatable bonds is 2. The van der Waals surface area contributed by atoms with E-state index in [1.807, 2.05) is 26.0 Å². The van der Waals surface area contributed by atoms with Crippen LogP contribution in [0.4, 0.5) is 5.69 Å². The van der Waals surface area contributed by atoms with Crippen LogP contribution in [0.2, 0.25) is 0 Å². The highest BCUT2D eigenvalue weighted by atomic mass is 32.2. The zero-order valence-corrected chi connectivity index (χ0v) is 13.4. The molecule has 0 radical (unpaired) electrons. The first-order valence-electron chi connectivity index (χ1n) is 7.24. The summed E-state index contributed by atoms with van der Waals surface area (Å²) in [7, 11) is 0. The third-order valence-electron chi connectivity index (χ3n) is 4.24. The van der Waals surface area contributed by atoms with Crippen LogP contribution in [0.1, 0.15) is 30.9 Å². The molecule has 2 saturated heterocycles. The van der Waals surface area contributed by atoms with Crippen molar-refractivity contribution < 1.29 is 9.59 Å². The van der Waals surface area contributed by atoms with Crippen molar-refractivity contribution in [3.63, 3.8) is 0 Å². The van der Waals surface area contributed by atoms with Crippen LogP contribution in [0.3, 0.4) is 0 Å². The summed E-state index contributed by atoms with van der Waals surface area (Å²) in [4.78, 5) is 26.2. The van der Waals surface area contributed by atoms with E-state index in [0.717, 1.165) is 23.2 Å². The fourth-order valence-electron chi connectivity index (χ4n) is 3.29. The smallest absolute Gasteiger partial charge is 0.248 e. The van der Waals surface area contributed by atoms with E-state index in [2.05, 4.69) is 18.3 Å². The molecule has 0 unspecified atom stereocenters. The maximum Gasteiger partial charge on any atom is 0.248 e. The normalized spacial score (nSPS) is 27.9. The van der Waals surface area contributed by atoms with Crippen LogP contribution >= 0.6 is 11.8 Å². The topological polar surface area (TPSA) is 49.4 Å². The summed E-state index contributed by atoms with van der Waals surface area (Å²) in [6.07, 6.45) is 1.39. The molecule has 2 aliphatic rings. The van der Waals surface area contributed by atoms with Gasteiger partial charge in [0.2, 0.25) is 11.8 Å².